The Morgan fingerprint density at radius 2 is 2.27 bits per heavy atom. The molecule has 2 aliphatic rings. The van der Waals surface area contributed by atoms with Gasteiger partial charge in [-0.05, 0) is 32.1 Å². The van der Waals surface area contributed by atoms with E-state index in [9.17, 15) is 9.18 Å². The van der Waals surface area contributed by atoms with Crippen LogP contribution in [0.1, 0.15) is 32.1 Å². The molecule has 2 nitrogen and oxygen atoms in total. The number of amides is 1. The van der Waals surface area contributed by atoms with Gasteiger partial charge in [0, 0.05) is 12.5 Å². The smallest absolute Gasteiger partial charge is 0.226 e. The van der Waals surface area contributed by atoms with Gasteiger partial charge in [0.25, 0.3) is 0 Å². The molecule has 0 N–H and O–H groups in total. The zero-order valence-corrected chi connectivity index (χ0v) is 8.99. The lowest BCUT2D eigenvalue weighted by atomic mass is 9.93. The van der Waals surface area contributed by atoms with Crippen LogP contribution in [0.2, 0.25) is 0 Å². The predicted molar refractivity (Wildman–Crippen MR) is 57.2 cm³/mol. The van der Waals surface area contributed by atoms with Crippen molar-refractivity contribution >= 4 is 5.91 Å². The van der Waals surface area contributed by atoms with E-state index in [1.165, 1.54) is 0 Å². The fourth-order valence-electron chi connectivity index (χ4n) is 2.54. The van der Waals surface area contributed by atoms with Crippen LogP contribution < -0.4 is 0 Å². The number of hydrogen-bond donors (Lipinski definition) is 0. The third kappa shape index (κ3) is 2.21. The number of likely N-dealkylation sites (tertiary alicyclic amines) is 1. The molecule has 0 radical (unpaired) electrons. The quantitative estimate of drug-likeness (QED) is 0.642. The Hall–Kier alpha value is -0.860. The molecule has 1 saturated heterocycles. The predicted octanol–water partition coefficient (Wildman–Crippen LogP) is 2.30. The molecule has 0 bridgehead atoms. The molecule has 0 aromatic rings. The van der Waals surface area contributed by atoms with Crippen molar-refractivity contribution in [1.82, 2.24) is 4.90 Å². The van der Waals surface area contributed by atoms with E-state index in [4.69, 9.17) is 0 Å². The van der Waals surface area contributed by atoms with Gasteiger partial charge in [0.05, 0.1) is 6.04 Å². The lowest BCUT2D eigenvalue weighted by Gasteiger charge is -2.27. The molecule has 1 aliphatic heterocycles. The minimum atomic E-state index is -0.381. The largest absolute Gasteiger partial charge is 0.337 e. The second-order valence-electron chi connectivity index (χ2n) is 4.46. The van der Waals surface area contributed by atoms with Gasteiger partial charge >= 0.3 is 0 Å². The second kappa shape index (κ2) is 4.77. The second-order valence-corrected chi connectivity index (χ2v) is 4.46. The van der Waals surface area contributed by atoms with E-state index in [1.54, 1.807) is 4.90 Å². The van der Waals surface area contributed by atoms with E-state index >= 15 is 0 Å². The number of hydrogen-bond acceptors (Lipinski definition) is 1. The fourth-order valence-corrected chi connectivity index (χ4v) is 2.54. The highest BCUT2D eigenvalue weighted by Gasteiger charge is 2.32. The van der Waals surface area contributed by atoms with E-state index in [0.29, 0.717) is 0 Å². The minimum absolute atomic E-state index is 0.113. The zero-order chi connectivity index (χ0) is 10.7. The van der Waals surface area contributed by atoms with Gasteiger partial charge in [0.1, 0.15) is 6.67 Å². The molecular weight excluding hydrogens is 193 g/mol. The van der Waals surface area contributed by atoms with Crippen LogP contribution in [0.25, 0.3) is 0 Å². The van der Waals surface area contributed by atoms with Crippen molar-refractivity contribution in [2.45, 2.75) is 38.1 Å². The van der Waals surface area contributed by atoms with E-state index in [0.717, 1.165) is 38.6 Å². The first-order chi connectivity index (χ1) is 7.33. The number of alkyl halides is 1. The number of allylic oxidation sites excluding steroid dienone is 2. The summed E-state index contributed by atoms with van der Waals surface area (Å²) in [6.45, 7) is 0.377. The maximum atomic E-state index is 12.7. The summed E-state index contributed by atoms with van der Waals surface area (Å²) in [6.07, 6.45) is 8.77. The Balaban J connectivity index is 1.97. The molecule has 3 heteroatoms. The number of rotatable bonds is 2. The Labute approximate surface area is 90.1 Å². The molecule has 0 spiro atoms. The maximum absolute atomic E-state index is 12.7. The molecule has 1 heterocycles. The molecular formula is C12H18FNO. The van der Waals surface area contributed by atoms with E-state index in [1.807, 2.05) is 0 Å². The highest BCUT2D eigenvalue weighted by molar-refractivity contribution is 5.79. The number of carbonyl (C=O) groups is 1. The summed E-state index contributed by atoms with van der Waals surface area (Å²) in [5.74, 6) is 0.293. The van der Waals surface area contributed by atoms with Crippen molar-refractivity contribution < 1.29 is 9.18 Å². The summed E-state index contributed by atoms with van der Waals surface area (Å²) in [6, 6.07) is -0.136. The van der Waals surface area contributed by atoms with Gasteiger partial charge in [0.15, 0.2) is 0 Å². The normalized spacial score (nSPS) is 30.9. The summed E-state index contributed by atoms with van der Waals surface area (Å²) in [4.78, 5) is 13.9. The highest BCUT2D eigenvalue weighted by Crippen LogP contribution is 2.25. The number of nitrogens with zero attached hydrogens (tertiary/aromatic N) is 1. The molecule has 2 atom stereocenters. The summed E-state index contributed by atoms with van der Waals surface area (Å²) >= 11 is 0. The van der Waals surface area contributed by atoms with Gasteiger partial charge in [-0.1, -0.05) is 12.2 Å². The monoisotopic (exact) mass is 211 g/mol. The summed E-state index contributed by atoms with van der Waals surface area (Å²) in [7, 11) is 0. The van der Waals surface area contributed by atoms with Crippen LogP contribution in [-0.4, -0.2) is 30.1 Å². The topological polar surface area (TPSA) is 20.3 Å². The minimum Gasteiger partial charge on any atom is -0.337 e. The molecule has 84 valence electrons. The van der Waals surface area contributed by atoms with E-state index in [-0.39, 0.29) is 24.5 Å². The van der Waals surface area contributed by atoms with Gasteiger partial charge in [-0.25, -0.2) is 4.39 Å². The third-order valence-corrected chi connectivity index (χ3v) is 3.46. The van der Waals surface area contributed by atoms with Gasteiger partial charge in [-0.3, -0.25) is 4.79 Å². The average Bonchev–Trinajstić information content (AvgIpc) is 2.77. The first-order valence-electron chi connectivity index (χ1n) is 5.84. The van der Waals surface area contributed by atoms with Crippen molar-refractivity contribution in [2.75, 3.05) is 13.2 Å². The average molecular weight is 211 g/mol. The molecule has 2 rings (SSSR count). The molecule has 1 aliphatic carbocycles. The van der Waals surface area contributed by atoms with Crippen LogP contribution in [0.5, 0.6) is 0 Å². The van der Waals surface area contributed by atoms with Gasteiger partial charge < -0.3 is 4.90 Å². The van der Waals surface area contributed by atoms with Crippen molar-refractivity contribution in [3.8, 4) is 0 Å². The number of halogens is 1. The summed E-state index contributed by atoms with van der Waals surface area (Å²) in [5.41, 5.74) is 0. The Morgan fingerprint density at radius 1 is 1.40 bits per heavy atom. The summed E-state index contributed by atoms with van der Waals surface area (Å²) < 4.78 is 12.7. The van der Waals surface area contributed by atoms with Crippen LogP contribution in [0, 0.1) is 5.92 Å². The van der Waals surface area contributed by atoms with Crippen LogP contribution in [0.4, 0.5) is 4.39 Å². The first-order valence-corrected chi connectivity index (χ1v) is 5.84. The molecule has 0 aromatic heterocycles. The van der Waals surface area contributed by atoms with Gasteiger partial charge in [0.2, 0.25) is 5.91 Å². The highest BCUT2D eigenvalue weighted by atomic mass is 19.1. The molecule has 0 saturated carbocycles. The first kappa shape index (κ1) is 10.7. The third-order valence-electron chi connectivity index (χ3n) is 3.46. The molecule has 1 amide bonds. The Morgan fingerprint density at radius 3 is 2.93 bits per heavy atom. The lowest BCUT2D eigenvalue weighted by Crippen LogP contribution is -2.40. The van der Waals surface area contributed by atoms with Crippen LogP contribution in [0.15, 0.2) is 12.2 Å². The number of carbonyl (C=O) groups excluding carboxylic acids is 1. The summed E-state index contributed by atoms with van der Waals surface area (Å²) in [5, 5.41) is 0. The molecule has 15 heavy (non-hydrogen) atoms. The Kier molecular flexibility index (Phi) is 3.39. The van der Waals surface area contributed by atoms with Crippen LogP contribution in [0.3, 0.4) is 0 Å². The molecule has 2 unspecified atom stereocenters. The van der Waals surface area contributed by atoms with E-state index in [2.05, 4.69) is 12.2 Å². The van der Waals surface area contributed by atoms with Gasteiger partial charge in [-0.2, -0.15) is 0 Å². The van der Waals surface area contributed by atoms with Crippen LogP contribution in [-0.2, 0) is 4.79 Å². The van der Waals surface area contributed by atoms with Crippen molar-refractivity contribution in [2.24, 2.45) is 5.92 Å². The molecule has 1 fully saturated rings. The van der Waals surface area contributed by atoms with Gasteiger partial charge in [-0.15, -0.1) is 0 Å². The van der Waals surface area contributed by atoms with Crippen molar-refractivity contribution in [3.05, 3.63) is 12.2 Å². The lowest BCUT2D eigenvalue weighted by molar-refractivity contribution is -0.136. The SMILES string of the molecule is O=C(C1CC=CCC1)N1CCCC1CF. The van der Waals surface area contributed by atoms with Crippen molar-refractivity contribution in [1.29, 1.82) is 0 Å². The maximum Gasteiger partial charge on any atom is 0.226 e. The zero-order valence-electron chi connectivity index (χ0n) is 8.99. The Bertz CT molecular complexity index is 264. The standard InChI is InChI=1S/C12H18FNO/c13-9-11-7-4-8-14(11)12(15)10-5-2-1-3-6-10/h1-2,10-11H,3-9H2. The molecule has 0 aromatic carbocycles. The van der Waals surface area contributed by atoms with Crippen LogP contribution >= 0.6 is 0 Å². The fraction of sp³-hybridized carbons (Fsp3) is 0.750. The van der Waals surface area contributed by atoms with E-state index < -0.39 is 0 Å². The van der Waals surface area contributed by atoms with Crippen molar-refractivity contribution in [3.63, 3.8) is 0 Å².